The molecular weight excluding hydrogens is 316 g/mol. The van der Waals surface area contributed by atoms with Crippen LogP contribution in [0.25, 0.3) is 0 Å². The van der Waals surface area contributed by atoms with Gasteiger partial charge in [0.2, 0.25) is 11.8 Å². The molecule has 0 aromatic heterocycles. The van der Waals surface area contributed by atoms with E-state index >= 15 is 0 Å². The van der Waals surface area contributed by atoms with E-state index in [1.165, 1.54) is 5.56 Å². The minimum atomic E-state index is -0.292. The number of nitrogens with one attached hydrogen (secondary N) is 1. The first kappa shape index (κ1) is 19.4. The number of nitrogens with zero attached hydrogens (tertiary/aromatic N) is 2. The maximum Gasteiger partial charge on any atom is 0.242 e. The molecule has 0 spiro atoms. The molecule has 2 amide bonds. The number of carbonyl (C=O) groups excluding carboxylic acids is 2. The van der Waals surface area contributed by atoms with Gasteiger partial charge in [-0.3, -0.25) is 14.5 Å². The van der Waals surface area contributed by atoms with Gasteiger partial charge in [0.05, 0.1) is 13.1 Å². The van der Waals surface area contributed by atoms with Gasteiger partial charge in [0.25, 0.3) is 0 Å². The molecule has 6 nitrogen and oxygen atoms in total. The fourth-order valence-corrected chi connectivity index (χ4v) is 3.37. The average molecular weight is 346 g/mol. The summed E-state index contributed by atoms with van der Waals surface area (Å²) in [4.78, 5) is 28.2. The third-order valence-corrected chi connectivity index (χ3v) is 4.58. The van der Waals surface area contributed by atoms with Crippen molar-refractivity contribution in [1.82, 2.24) is 15.1 Å². The molecule has 0 radical (unpaired) electrons. The highest BCUT2D eigenvalue weighted by atomic mass is 16.2. The van der Waals surface area contributed by atoms with Gasteiger partial charge in [-0.2, -0.15) is 0 Å². The predicted octanol–water partition coefficient (Wildman–Crippen LogP) is 0.965. The summed E-state index contributed by atoms with van der Waals surface area (Å²) in [6, 6.07) is 10.6. The van der Waals surface area contributed by atoms with Crippen LogP contribution in [0, 0.1) is 0 Å². The van der Waals surface area contributed by atoms with Crippen molar-refractivity contribution in [2.45, 2.75) is 38.8 Å². The van der Waals surface area contributed by atoms with Crippen LogP contribution in [0.1, 0.15) is 31.7 Å². The Morgan fingerprint density at radius 1 is 1.32 bits per heavy atom. The third kappa shape index (κ3) is 6.14. The molecule has 1 aliphatic rings. The van der Waals surface area contributed by atoms with Gasteiger partial charge in [0.15, 0.2) is 0 Å². The van der Waals surface area contributed by atoms with E-state index in [0.29, 0.717) is 0 Å². The highest BCUT2D eigenvalue weighted by molar-refractivity contribution is 5.85. The summed E-state index contributed by atoms with van der Waals surface area (Å²) in [5, 5.41) is 2.59. The Kier molecular flexibility index (Phi) is 7.88. The lowest BCUT2D eigenvalue weighted by molar-refractivity contribution is -0.135. The lowest BCUT2D eigenvalue weighted by Crippen LogP contribution is -2.52. The smallest absolute Gasteiger partial charge is 0.242 e. The summed E-state index contributed by atoms with van der Waals surface area (Å²) in [7, 11) is 0. The Balaban J connectivity index is 1.94. The second-order valence-corrected chi connectivity index (χ2v) is 6.58. The first-order valence-corrected chi connectivity index (χ1v) is 9.16. The molecule has 1 fully saturated rings. The summed E-state index contributed by atoms with van der Waals surface area (Å²) in [5.74, 6) is -0.311. The average Bonchev–Trinajstić information content (AvgIpc) is 2.65. The van der Waals surface area contributed by atoms with Crippen LogP contribution < -0.4 is 11.1 Å². The summed E-state index contributed by atoms with van der Waals surface area (Å²) in [5.41, 5.74) is 6.58. The van der Waals surface area contributed by atoms with E-state index in [2.05, 4.69) is 41.4 Å². The number of hydrogen-bond donors (Lipinski definition) is 2. The fraction of sp³-hybridized carbons (Fsp3) is 0.579. The third-order valence-electron chi connectivity index (χ3n) is 4.58. The van der Waals surface area contributed by atoms with Crippen molar-refractivity contribution in [3.8, 4) is 0 Å². The fourth-order valence-electron chi connectivity index (χ4n) is 3.37. The Morgan fingerprint density at radius 2 is 2.08 bits per heavy atom. The molecule has 1 heterocycles. The Bertz CT molecular complexity index is 550. The molecule has 2 rings (SSSR count). The molecule has 1 aliphatic heterocycles. The predicted molar refractivity (Wildman–Crippen MR) is 98.8 cm³/mol. The van der Waals surface area contributed by atoms with E-state index in [0.717, 1.165) is 45.4 Å². The van der Waals surface area contributed by atoms with E-state index in [1.807, 2.05) is 11.0 Å². The number of benzene rings is 1. The molecule has 1 unspecified atom stereocenters. The van der Waals surface area contributed by atoms with E-state index in [4.69, 9.17) is 5.73 Å². The van der Waals surface area contributed by atoms with E-state index in [1.54, 1.807) is 0 Å². The molecule has 0 aliphatic carbocycles. The van der Waals surface area contributed by atoms with Crippen molar-refractivity contribution in [2.24, 2.45) is 5.73 Å². The zero-order valence-corrected chi connectivity index (χ0v) is 15.1. The summed E-state index contributed by atoms with van der Waals surface area (Å²) >= 11 is 0. The molecule has 1 atom stereocenters. The Labute approximate surface area is 150 Å². The molecule has 138 valence electrons. The number of nitrogens with two attached hydrogens (primary N) is 1. The van der Waals surface area contributed by atoms with Crippen LogP contribution in [0.5, 0.6) is 0 Å². The van der Waals surface area contributed by atoms with Gasteiger partial charge in [-0.25, -0.2) is 0 Å². The molecule has 6 heteroatoms. The molecule has 0 saturated carbocycles. The van der Waals surface area contributed by atoms with Crippen molar-refractivity contribution in [1.29, 1.82) is 0 Å². The maximum atomic E-state index is 12.6. The lowest BCUT2D eigenvalue weighted by atomic mass is 10.0. The Hall–Kier alpha value is -1.92. The normalized spacial score (nSPS) is 17.9. The van der Waals surface area contributed by atoms with Gasteiger partial charge in [-0.05, 0) is 31.4 Å². The number of carbonyl (C=O) groups is 2. The standard InChI is InChI=1S/C19H30N4O2/c1-2-10-23(19(25)13-21-18(24)12-20)17-9-6-11-22(15-17)14-16-7-4-3-5-8-16/h3-5,7-8,17H,2,6,9-15,20H2,1H3,(H,21,24). The van der Waals surface area contributed by atoms with Gasteiger partial charge in [0.1, 0.15) is 0 Å². The second-order valence-electron chi connectivity index (χ2n) is 6.58. The van der Waals surface area contributed by atoms with Gasteiger partial charge in [-0.15, -0.1) is 0 Å². The maximum absolute atomic E-state index is 12.6. The van der Waals surface area contributed by atoms with Crippen LogP contribution in [0.3, 0.4) is 0 Å². The number of amides is 2. The van der Waals surface area contributed by atoms with Gasteiger partial charge in [0, 0.05) is 25.7 Å². The molecule has 0 bridgehead atoms. The molecule has 1 saturated heterocycles. The van der Waals surface area contributed by atoms with E-state index in [9.17, 15) is 9.59 Å². The Morgan fingerprint density at radius 3 is 2.76 bits per heavy atom. The monoisotopic (exact) mass is 346 g/mol. The largest absolute Gasteiger partial charge is 0.346 e. The second kappa shape index (κ2) is 10.2. The van der Waals surface area contributed by atoms with Crippen LogP contribution in [-0.4, -0.2) is 60.4 Å². The minimum Gasteiger partial charge on any atom is -0.346 e. The minimum absolute atomic E-state index is 0.0183. The summed E-state index contributed by atoms with van der Waals surface area (Å²) < 4.78 is 0. The summed E-state index contributed by atoms with van der Waals surface area (Å²) in [6.45, 7) is 5.59. The lowest BCUT2D eigenvalue weighted by Gasteiger charge is -2.39. The molecule has 25 heavy (non-hydrogen) atoms. The topological polar surface area (TPSA) is 78.7 Å². The van der Waals surface area contributed by atoms with Crippen LogP contribution in [0.4, 0.5) is 0 Å². The van der Waals surface area contributed by atoms with Crippen LogP contribution in [0.2, 0.25) is 0 Å². The van der Waals surface area contributed by atoms with E-state index < -0.39 is 0 Å². The van der Waals surface area contributed by atoms with Crippen LogP contribution in [0.15, 0.2) is 30.3 Å². The quantitative estimate of drug-likeness (QED) is 0.735. The van der Waals surface area contributed by atoms with Gasteiger partial charge >= 0.3 is 0 Å². The summed E-state index contributed by atoms with van der Waals surface area (Å²) in [6.07, 6.45) is 3.01. The number of hydrogen-bond acceptors (Lipinski definition) is 4. The highest BCUT2D eigenvalue weighted by Gasteiger charge is 2.28. The zero-order chi connectivity index (χ0) is 18.1. The number of likely N-dealkylation sites (tertiary alicyclic amines) is 1. The first-order valence-electron chi connectivity index (χ1n) is 9.16. The van der Waals surface area contributed by atoms with Crippen molar-refractivity contribution in [2.75, 3.05) is 32.7 Å². The van der Waals surface area contributed by atoms with Crippen molar-refractivity contribution in [3.05, 3.63) is 35.9 Å². The van der Waals surface area contributed by atoms with E-state index in [-0.39, 0.29) is 30.9 Å². The van der Waals surface area contributed by atoms with Crippen molar-refractivity contribution < 1.29 is 9.59 Å². The van der Waals surface area contributed by atoms with Crippen LogP contribution >= 0.6 is 0 Å². The molecule has 3 N–H and O–H groups in total. The van der Waals surface area contributed by atoms with Gasteiger partial charge < -0.3 is 16.0 Å². The van der Waals surface area contributed by atoms with Crippen molar-refractivity contribution >= 4 is 11.8 Å². The molecule has 1 aromatic rings. The first-order chi connectivity index (χ1) is 12.1. The molecule has 1 aromatic carbocycles. The number of piperidine rings is 1. The van der Waals surface area contributed by atoms with Crippen LogP contribution in [-0.2, 0) is 16.1 Å². The molecular formula is C19H30N4O2. The number of rotatable bonds is 8. The highest BCUT2D eigenvalue weighted by Crippen LogP contribution is 2.18. The zero-order valence-electron chi connectivity index (χ0n) is 15.1. The van der Waals surface area contributed by atoms with Crippen molar-refractivity contribution in [3.63, 3.8) is 0 Å². The van der Waals surface area contributed by atoms with Gasteiger partial charge in [-0.1, -0.05) is 37.3 Å². The SMILES string of the molecule is CCCN(C(=O)CNC(=O)CN)C1CCCN(Cc2ccccc2)C1.